The molecule has 4 aromatic heterocycles. The number of H-pyrrole nitrogens is 2. The van der Waals surface area contributed by atoms with Crippen LogP contribution in [0.1, 0.15) is 40.0 Å². The largest absolute Gasteiger partial charge is 0.370 e. The third-order valence-corrected chi connectivity index (χ3v) is 6.86. The van der Waals surface area contributed by atoms with E-state index in [-0.39, 0.29) is 5.91 Å². The Kier molecular flexibility index (Phi) is 5.62. The van der Waals surface area contributed by atoms with E-state index in [0.717, 1.165) is 52.0 Å². The first-order valence-corrected chi connectivity index (χ1v) is 12.7. The van der Waals surface area contributed by atoms with E-state index in [1.807, 2.05) is 45.2 Å². The van der Waals surface area contributed by atoms with Crippen LogP contribution in [0, 0.1) is 5.41 Å². The minimum absolute atomic E-state index is 0.0542. The van der Waals surface area contributed by atoms with Crippen molar-refractivity contribution in [3.63, 3.8) is 0 Å². The van der Waals surface area contributed by atoms with Gasteiger partial charge in [-0.1, -0.05) is 26.8 Å². The molecule has 37 heavy (non-hydrogen) atoms. The average Bonchev–Trinajstić information content (AvgIpc) is 3.52. The van der Waals surface area contributed by atoms with Gasteiger partial charge in [-0.15, -0.1) is 0 Å². The Labute approximate surface area is 214 Å². The lowest BCUT2D eigenvalue weighted by atomic mass is 9.95. The summed E-state index contributed by atoms with van der Waals surface area (Å²) in [4.78, 5) is 32.0. The van der Waals surface area contributed by atoms with Gasteiger partial charge < -0.3 is 15.2 Å². The van der Waals surface area contributed by atoms with E-state index in [2.05, 4.69) is 47.5 Å². The van der Waals surface area contributed by atoms with Gasteiger partial charge in [0.15, 0.2) is 11.5 Å². The molecule has 0 aliphatic carbocycles. The van der Waals surface area contributed by atoms with Gasteiger partial charge in [0.2, 0.25) is 5.91 Å². The van der Waals surface area contributed by atoms with Crippen LogP contribution in [0.15, 0.2) is 48.9 Å². The minimum atomic E-state index is -0.490. The molecule has 1 aliphatic heterocycles. The van der Waals surface area contributed by atoms with Crippen LogP contribution in [0.2, 0.25) is 0 Å². The zero-order chi connectivity index (χ0) is 25.6. The molecule has 5 heterocycles. The summed E-state index contributed by atoms with van der Waals surface area (Å²) >= 11 is 0. The fourth-order valence-electron chi connectivity index (χ4n) is 4.77. The molecule has 0 radical (unpaired) electrons. The van der Waals surface area contributed by atoms with Gasteiger partial charge in [0.05, 0.1) is 23.1 Å². The van der Waals surface area contributed by atoms with Crippen molar-refractivity contribution in [2.45, 2.75) is 40.0 Å². The second-order valence-electron chi connectivity index (χ2n) is 10.7. The molecule has 9 nitrogen and oxygen atoms in total. The van der Waals surface area contributed by atoms with E-state index >= 15 is 0 Å². The quantitative estimate of drug-likeness (QED) is 0.302. The summed E-state index contributed by atoms with van der Waals surface area (Å²) in [6, 6.07) is 10.1. The summed E-state index contributed by atoms with van der Waals surface area (Å²) in [6.07, 6.45) is 8.97. The maximum Gasteiger partial charge on any atom is 0.229 e. The molecule has 5 aromatic rings. The Bertz CT molecular complexity index is 1600. The molecule has 1 aliphatic rings. The van der Waals surface area contributed by atoms with E-state index < -0.39 is 5.41 Å². The molecule has 1 amide bonds. The number of hydrogen-bond acceptors (Lipinski definition) is 6. The number of imidazole rings is 1. The predicted molar refractivity (Wildman–Crippen MR) is 146 cm³/mol. The van der Waals surface area contributed by atoms with Gasteiger partial charge >= 0.3 is 0 Å². The number of rotatable bonds is 4. The van der Waals surface area contributed by atoms with Crippen molar-refractivity contribution in [3.05, 3.63) is 48.9 Å². The van der Waals surface area contributed by atoms with Crippen molar-refractivity contribution in [1.29, 1.82) is 0 Å². The van der Waals surface area contributed by atoms with Crippen LogP contribution in [0.3, 0.4) is 0 Å². The number of amides is 1. The molecule has 0 saturated carbocycles. The lowest BCUT2D eigenvalue weighted by Gasteiger charge is -2.28. The monoisotopic (exact) mass is 494 g/mol. The zero-order valence-corrected chi connectivity index (χ0v) is 21.3. The van der Waals surface area contributed by atoms with E-state index in [4.69, 9.17) is 4.98 Å². The summed E-state index contributed by atoms with van der Waals surface area (Å²) in [5.74, 6) is 0.626. The van der Waals surface area contributed by atoms with Crippen LogP contribution in [-0.4, -0.2) is 49.1 Å². The Hall–Kier alpha value is -4.27. The first kappa shape index (κ1) is 23.1. The van der Waals surface area contributed by atoms with Gasteiger partial charge in [-0.05, 0) is 49.1 Å². The highest BCUT2D eigenvalue weighted by Gasteiger charge is 2.22. The summed E-state index contributed by atoms with van der Waals surface area (Å²) in [5, 5.41) is 11.6. The molecule has 6 rings (SSSR count). The number of hydrogen-bond donors (Lipinski definition) is 3. The molecule has 1 aromatic carbocycles. The first-order valence-electron chi connectivity index (χ1n) is 12.7. The average molecular weight is 495 g/mol. The maximum atomic E-state index is 12.5. The Morgan fingerprint density at radius 1 is 1.03 bits per heavy atom. The third-order valence-electron chi connectivity index (χ3n) is 6.86. The van der Waals surface area contributed by atoms with E-state index in [1.54, 1.807) is 12.4 Å². The molecule has 0 atom stereocenters. The van der Waals surface area contributed by atoms with Crippen molar-refractivity contribution in [2.75, 3.05) is 23.3 Å². The van der Waals surface area contributed by atoms with Crippen LogP contribution in [-0.2, 0) is 4.79 Å². The number of aromatic amines is 2. The SMILES string of the molecule is CC(C)(C)C(=O)Nc1cncc(-c2ccc3[nH]nc(-c4nc5nccc(N6CCCCC6)c5[nH]4)c3c2)c1. The molecule has 0 unspecified atom stereocenters. The minimum Gasteiger partial charge on any atom is -0.370 e. The fraction of sp³-hybridized carbons (Fsp3) is 0.321. The molecule has 0 bridgehead atoms. The molecule has 9 heteroatoms. The normalized spacial score (nSPS) is 14.4. The van der Waals surface area contributed by atoms with Crippen molar-refractivity contribution >= 4 is 39.3 Å². The number of nitrogens with zero attached hydrogens (tertiary/aromatic N) is 5. The molecule has 1 saturated heterocycles. The molecular formula is C28H30N8O. The Morgan fingerprint density at radius 3 is 2.68 bits per heavy atom. The van der Waals surface area contributed by atoms with Crippen LogP contribution in [0.25, 0.3) is 44.7 Å². The first-order chi connectivity index (χ1) is 17.9. The highest BCUT2D eigenvalue weighted by atomic mass is 16.2. The van der Waals surface area contributed by atoms with Crippen LogP contribution >= 0.6 is 0 Å². The van der Waals surface area contributed by atoms with Crippen LogP contribution in [0.4, 0.5) is 11.4 Å². The fourth-order valence-corrected chi connectivity index (χ4v) is 4.77. The van der Waals surface area contributed by atoms with Crippen LogP contribution in [0.5, 0.6) is 0 Å². The molecule has 1 fully saturated rings. The van der Waals surface area contributed by atoms with Gasteiger partial charge in [-0.3, -0.25) is 14.9 Å². The Balaban J connectivity index is 1.37. The lowest BCUT2D eigenvalue weighted by molar-refractivity contribution is -0.123. The second-order valence-corrected chi connectivity index (χ2v) is 10.7. The van der Waals surface area contributed by atoms with Crippen molar-refractivity contribution < 1.29 is 4.79 Å². The zero-order valence-electron chi connectivity index (χ0n) is 21.3. The molecular weight excluding hydrogens is 464 g/mol. The predicted octanol–water partition coefficient (Wildman–Crippen LogP) is 5.54. The summed E-state index contributed by atoms with van der Waals surface area (Å²) < 4.78 is 0. The van der Waals surface area contributed by atoms with Gasteiger partial charge in [-0.25, -0.2) is 9.97 Å². The lowest BCUT2D eigenvalue weighted by Crippen LogP contribution is -2.29. The number of pyridine rings is 2. The second kappa shape index (κ2) is 8.99. The van der Waals surface area contributed by atoms with Crippen LogP contribution < -0.4 is 10.2 Å². The topological polar surface area (TPSA) is 115 Å². The highest BCUT2D eigenvalue weighted by molar-refractivity contribution is 5.98. The maximum absolute atomic E-state index is 12.5. The Morgan fingerprint density at radius 2 is 1.86 bits per heavy atom. The molecule has 188 valence electrons. The summed E-state index contributed by atoms with van der Waals surface area (Å²) in [5.41, 5.74) is 6.48. The van der Waals surface area contributed by atoms with Gasteiger partial charge in [0, 0.05) is 41.8 Å². The van der Waals surface area contributed by atoms with E-state index in [0.29, 0.717) is 17.2 Å². The molecule has 0 spiro atoms. The highest BCUT2D eigenvalue weighted by Crippen LogP contribution is 2.33. The number of aromatic nitrogens is 6. The van der Waals surface area contributed by atoms with Gasteiger partial charge in [0.25, 0.3) is 0 Å². The van der Waals surface area contributed by atoms with E-state index in [1.165, 1.54) is 19.3 Å². The number of anilines is 2. The van der Waals surface area contributed by atoms with Gasteiger partial charge in [0.1, 0.15) is 11.2 Å². The van der Waals surface area contributed by atoms with Crippen molar-refractivity contribution in [1.82, 2.24) is 30.1 Å². The van der Waals surface area contributed by atoms with Crippen molar-refractivity contribution in [2.24, 2.45) is 5.41 Å². The number of nitrogens with one attached hydrogen (secondary N) is 3. The molecule has 3 N–H and O–H groups in total. The summed E-state index contributed by atoms with van der Waals surface area (Å²) in [6.45, 7) is 7.75. The number of carbonyl (C=O) groups is 1. The number of benzene rings is 1. The van der Waals surface area contributed by atoms with E-state index in [9.17, 15) is 4.79 Å². The number of carbonyl (C=O) groups excluding carboxylic acids is 1. The number of fused-ring (bicyclic) bond motifs is 2. The van der Waals surface area contributed by atoms with Gasteiger partial charge in [-0.2, -0.15) is 5.10 Å². The standard InChI is InChI=1S/C28H30N8O/c1-28(2,3)27(37)31-19-13-18(15-29-16-19)17-7-8-21-20(14-17)23(35-34-21)26-32-24-22(9-10-30-25(24)33-26)36-11-5-4-6-12-36/h7-10,13-16H,4-6,11-12H2,1-3H3,(H,31,37)(H,34,35)(H,30,32,33). The third kappa shape index (κ3) is 4.41. The smallest absolute Gasteiger partial charge is 0.229 e. The van der Waals surface area contributed by atoms with Crippen molar-refractivity contribution in [3.8, 4) is 22.6 Å². The summed E-state index contributed by atoms with van der Waals surface area (Å²) in [7, 11) is 0. The number of piperidine rings is 1.